The van der Waals surface area contributed by atoms with Crippen molar-refractivity contribution in [2.45, 2.75) is 58.3 Å². The standard InChI is InChI=1S/C20H26N4O2S/c1-14(2)20-23-18(26-24-20)11-7-13-21-17(25)10-5-6-12-19-22-15-8-3-4-9-16(15)27-19/h3-4,8-9,14H,5-7,10-13H2,1-2H3,(H,21,25). The molecule has 0 aliphatic rings. The summed E-state index contributed by atoms with van der Waals surface area (Å²) >= 11 is 1.74. The molecule has 27 heavy (non-hydrogen) atoms. The molecule has 1 aromatic carbocycles. The van der Waals surface area contributed by atoms with Crippen molar-refractivity contribution in [1.29, 1.82) is 0 Å². The number of para-hydroxylation sites is 1. The van der Waals surface area contributed by atoms with Gasteiger partial charge in [-0.3, -0.25) is 4.79 Å². The van der Waals surface area contributed by atoms with Gasteiger partial charge in [0.05, 0.1) is 15.2 Å². The van der Waals surface area contributed by atoms with Crippen molar-refractivity contribution in [2.24, 2.45) is 0 Å². The summed E-state index contributed by atoms with van der Waals surface area (Å²) in [5.41, 5.74) is 1.07. The third kappa shape index (κ3) is 5.85. The van der Waals surface area contributed by atoms with Gasteiger partial charge in [0, 0.05) is 25.3 Å². The van der Waals surface area contributed by atoms with E-state index in [4.69, 9.17) is 4.52 Å². The van der Waals surface area contributed by atoms with Gasteiger partial charge in [-0.15, -0.1) is 11.3 Å². The molecular formula is C20H26N4O2S. The Bertz CT molecular complexity index is 839. The molecule has 0 atom stereocenters. The van der Waals surface area contributed by atoms with E-state index < -0.39 is 0 Å². The van der Waals surface area contributed by atoms with Crippen LogP contribution in [0.25, 0.3) is 10.2 Å². The second-order valence-corrected chi connectivity index (χ2v) is 8.05. The Morgan fingerprint density at radius 1 is 1.15 bits per heavy atom. The molecule has 3 aromatic rings. The quantitative estimate of drug-likeness (QED) is 0.526. The molecule has 0 unspecified atom stereocenters. The number of aromatic nitrogens is 3. The van der Waals surface area contributed by atoms with Crippen LogP contribution in [0.15, 0.2) is 28.8 Å². The monoisotopic (exact) mass is 386 g/mol. The zero-order valence-corrected chi connectivity index (χ0v) is 16.7. The molecule has 0 saturated carbocycles. The van der Waals surface area contributed by atoms with Crippen LogP contribution in [0.3, 0.4) is 0 Å². The van der Waals surface area contributed by atoms with E-state index in [-0.39, 0.29) is 11.8 Å². The van der Waals surface area contributed by atoms with Crippen LogP contribution in [0.5, 0.6) is 0 Å². The summed E-state index contributed by atoms with van der Waals surface area (Å²) in [4.78, 5) is 20.9. The second kappa shape index (κ2) is 9.60. The average Bonchev–Trinajstić information content (AvgIpc) is 3.29. The van der Waals surface area contributed by atoms with E-state index in [0.29, 0.717) is 25.3 Å². The fourth-order valence-corrected chi connectivity index (χ4v) is 3.76. The van der Waals surface area contributed by atoms with Gasteiger partial charge in [0.25, 0.3) is 0 Å². The summed E-state index contributed by atoms with van der Waals surface area (Å²) in [6.07, 6.45) is 4.84. The van der Waals surface area contributed by atoms with Gasteiger partial charge in [-0.1, -0.05) is 31.1 Å². The smallest absolute Gasteiger partial charge is 0.226 e. The third-order valence-corrected chi connectivity index (χ3v) is 5.37. The number of fused-ring (bicyclic) bond motifs is 1. The second-order valence-electron chi connectivity index (χ2n) is 6.94. The number of thiazole rings is 1. The first kappa shape index (κ1) is 19.5. The molecule has 144 valence electrons. The van der Waals surface area contributed by atoms with Crippen LogP contribution < -0.4 is 5.32 Å². The number of unbranched alkanes of at least 4 members (excludes halogenated alkanes) is 1. The van der Waals surface area contributed by atoms with Gasteiger partial charge in [0.1, 0.15) is 0 Å². The van der Waals surface area contributed by atoms with E-state index in [2.05, 4.69) is 26.5 Å². The number of hydrogen-bond donors (Lipinski definition) is 1. The lowest BCUT2D eigenvalue weighted by Crippen LogP contribution is -2.24. The number of nitrogens with zero attached hydrogens (tertiary/aromatic N) is 3. The average molecular weight is 387 g/mol. The maximum absolute atomic E-state index is 11.9. The molecule has 0 bridgehead atoms. The predicted octanol–water partition coefficient (Wildman–Crippen LogP) is 4.26. The van der Waals surface area contributed by atoms with E-state index in [1.54, 1.807) is 11.3 Å². The summed E-state index contributed by atoms with van der Waals surface area (Å²) < 4.78 is 6.43. The normalized spacial score (nSPS) is 11.4. The Kier molecular flexibility index (Phi) is 6.92. The minimum atomic E-state index is 0.104. The highest BCUT2D eigenvalue weighted by atomic mass is 32.1. The molecule has 0 radical (unpaired) electrons. The molecule has 1 amide bonds. The molecule has 2 aromatic heterocycles. The van der Waals surface area contributed by atoms with Crippen LogP contribution >= 0.6 is 11.3 Å². The highest BCUT2D eigenvalue weighted by molar-refractivity contribution is 7.18. The molecule has 6 nitrogen and oxygen atoms in total. The number of amides is 1. The van der Waals surface area contributed by atoms with Crippen LogP contribution in [-0.4, -0.2) is 27.6 Å². The molecule has 0 saturated heterocycles. The molecule has 2 heterocycles. The number of carbonyl (C=O) groups excluding carboxylic acids is 1. The minimum Gasteiger partial charge on any atom is -0.356 e. The summed E-state index contributed by atoms with van der Waals surface area (Å²) in [5, 5.41) is 8.05. The molecule has 1 N–H and O–H groups in total. The molecule has 0 aliphatic heterocycles. The highest BCUT2D eigenvalue weighted by Gasteiger charge is 2.09. The van der Waals surface area contributed by atoms with E-state index in [1.165, 1.54) is 4.70 Å². The fraction of sp³-hybridized carbons (Fsp3) is 0.500. The van der Waals surface area contributed by atoms with E-state index in [1.807, 2.05) is 32.0 Å². The summed E-state index contributed by atoms with van der Waals surface area (Å²) in [7, 11) is 0. The third-order valence-electron chi connectivity index (χ3n) is 4.27. The van der Waals surface area contributed by atoms with Crippen LogP contribution in [0.4, 0.5) is 0 Å². The summed E-state index contributed by atoms with van der Waals surface area (Å²) in [6.45, 7) is 4.70. The zero-order valence-electron chi connectivity index (χ0n) is 15.9. The van der Waals surface area contributed by atoms with Gasteiger partial charge in [-0.2, -0.15) is 4.98 Å². The lowest BCUT2D eigenvalue weighted by Gasteiger charge is -2.03. The SMILES string of the molecule is CC(C)c1noc(CCCNC(=O)CCCCc2nc3ccccc3s2)n1. The largest absolute Gasteiger partial charge is 0.356 e. The lowest BCUT2D eigenvalue weighted by molar-refractivity contribution is -0.121. The number of benzene rings is 1. The Balaban J connectivity index is 1.27. The van der Waals surface area contributed by atoms with Crippen LogP contribution in [-0.2, 0) is 17.6 Å². The first-order valence-electron chi connectivity index (χ1n) is 9.55. The highest BCUT2D eigenvalue weighted by Crippen LogP contribution is 2.22. The number of nitrogens with one attached hydrogen (secondary N) is 1. The lowest BCUT2D eigenvalue weighted by atomic mass is 10.2. The van der Waals surface area contributed by atoms with Crippen molar-refractivity contribution >= 4 is 27.5 Å². The Morgan fingerprint density at radius 3 is 2.78 bits per heavy atom. The van der Waals surface area contributed by atoms with Gasteiger partial charge >= 0.3 is 0 Å². The Morgan fingerprint density at radius 2 is 2.00 bits per heavy atom. The van der Waals surface area contributed by atoms with Crippen LogP contribution in [0.1, 0.15) is 62.2 Å². The number of carbonyl (C=O) groups is 1. The molecule has 0 aliphatic carbocycles. The zero-order chi connectivity index (χ0) is 19.1. The van der Waals surface area contributed by atoms with Crippen LogP contribution in [0, 0.1) is 0 Å². The predicted molar refractivity (Wildman–Crippen MR) is 107 cm³/mol. The van der Waals surface area contributed by atoms with E-state index in [9.17, 15) is 4.79 Å². The fourth-order valence-electron chi connectivity index (χ4n) is 2.75. The van der Waals surface area contributed by atoms with Gasteiger partial charge in [-0.25, -0.2) is 4.98 Å². The Labute approximate surface area is 163 Å². The molecule has 3 rings (SSSR count). The minimum absolute atomic E-state index is 0.104. The van der Waals surface area contributed by atoms with Crippen molar-refractivity contribution in [3.8, 4) is 0 Å². The maximum Gasteiger partial charge on any atom is 0.226 e. The molecule has 0 fully saturated rings. The van der Waals surface area contributed by atoms with Gasteiger partial charge in [-0.05, 0) is 37.8 Å². The molecular weight excluding hydrogens is 360 g/mol. The molecule has 0 spiro atoms. The summed E-state index contributed by atoms with van der Waals surface area (Å²) in [5.74, 6) is 1.75. The van der Waals surface area contributed by atoms with Crippen molar-refractivity contribution in [1.82, 2.24) is 20.4 Å². The van der Waals surface area contributed by atoms with Gasteiger partial charge in [0.2, 0.25) is 11.8 Å². The van der Waals surface area contributed by atoms with Crippen molar-refractivity contribution in [2.75, 3.05) is 6.54 Å². The summed E-state index contributed by atoms with van der Waals surface area (Å²) in [6, 6.07) is 8.19. The van der Waals surface area contributed by atoms with Gasteiger partial charge in [0.15, 0.2) is 5.82 Å². The first-order chi connectivity index (χ1) is 13.1. The van der Waals surface area contributed by atoms with Crippen molar-refractivity contribution in [3.05, 3.63) is 41.0 Å². The van der Waals surface area contributed by atoms with Crippen molar-refractivity contribution in [3.63, 3.8) is 0 Å². The first-order valence-corrected chi connectivity index (χ1v) is 10.4. The van der Waals surface area contributed by atoms with Crippen LogP contribution in [0.2, 0.25) is 0 Å². The number of aryl methyl sites for hydroxylation is 2. The van der Waals surface area contributed by atoms with Crippen molar-refractivity contribution < 1.29 is 9.32 Å². The maximum atomic E-state index is 11.9. The topological polar surface area (TPSA) is 80.9 Å². The number of rotatable bonds is 10. The van der Waals surface area contributed by atoms with E-state index >= 15 is 0 Å². The van der Waals surface area contributed by atoms with Gasteiger partial charge < -0.3 is 9.84 Å². The Hall–Kier alpha value is -2.28. The van der Waals surface area contributed by atoms with E-state index in [0.717, 1.165) is 42.0 Å². The number of hydrogen-bond acceptors (Lipinski definition) is 6. The molecule has 7 heteroatoms.